The van der Waals surface area contributed by atoms with Gasteiger partial charge in [0.25, 0.3) is 0 Å². The second-order valence-electron chi connectivity index (χ2n) is 5.87. The number of hydrogen-bond acceptors (Lipinski definition) is 5. The Hall–Kier alpha value is -1.47. The van der Waals surface area contributed by atoms with E-state index in [2.05, 4.69) is 5.32 Å². The molecule has 7 nitrogen and oxygen atoms in total. The topological polar surface area (TPSA) is 113 Å². The van der Waals surface area contributed by atoms with E-state index in [1.807, 2.05) is 11.9 Å². The van der Waals surface area contributed by atoms with Crippen LogP contribution in [-0.4, -0.2) is 58.9 Å². The average molecular weight is 283 g/mol. The number of rotatable bonds is 4. The lowest BCUT2D eigenvalue weighted by Gasteiger charge is -2.42. The first-order valence-electron chi connectivity index (χ1n) is 6.80. The van der Waals surface area contributed by atoms with E-state index in [0.717, 1.165) is 6.42 Å². The Morgan fingerprint density at radius 2 is 2.20 bits per heavy atom. The highest BCUT2D eigenvalue weighted by atomic mass is 16.3. The average Bonchev–Trinajstić information content (AvgIpc) is 2.73. The molecule has 112 valence electrons. The number of nitrogens with one attached hydrogen (secondary N) is 1. The van der Waals surface area contributed by atoms with Gasteiger partial charge in [0, 0.05) is 13.0 Å². The van der Waals surface area contributed by atoms with Crippen LogP contribution in [0.25, 0.3) is 0 Å². The zero-order valence-electron chi connectivity index (χ0n) is 11.8. The summed E-state index contributed by atoms with van der Waals surface area (Å²) in [7, 11) is 1.84. The van der Waals surface area contributed by atoms with Gasteiger partial charge < -0.3 is 16.2 Å². The van der Waals surface area contributed by atoms with Crippen LogP contribution in [-0.2, 0) is 14.4 Å². The van der Waals surface area contributed by atoms with Crippen LogP contribution in [0.5, 0.6) is 0 Å². The molecule has 1 aliphatic carbocycles. The minimum Gasteiger partial charge on any atom is -0.391 e. The molecule has 0 aromatic rings. The Morgan fingerprint density at radius 3 is 2.55 bits per heavy atom. The maximum Gasteiger partial charge on any atom is 0.242 e. The maximum atomic E-state index is 12.2. The van der Waals surface area contributed by atoms with E-state index in [0.29, 0.717) is 19.4 Å². The van der Waals surface area contributed by atoms with Gasteiger partial charge in [-0.3, -0.25) is 19.3 Å². The number of aliphatic hydroxyl groups is 1. The van der Waals surface area contributed by atoms with Crippen molar-refractivity contribution in [2.24, 2.45) is 11.7 Å². The smallest absolute Gasteiger partial charge is 0.242 e. The van der Waals surface area contributed by atoms with Crippen molar-refractivity contribution in [3.05, 3.63) is 0 Å². The van der Waals surface area contributed by atoms with Gasteiger partial charge in [-0.25, -0.2) is 0 Å². The van der Waals surface area contributed by atoms with Crippen LogP contribution in [0.3, 0.4) is 0 Å². The molecule has 20 heavy (non-hydrogen) atoms. The van der Waals surface area contributed by atoms with Gasteiger partial charge in [0.15, 0.2) is 5.78 Å². The van der Waals surface area contributed by atoms with Crippen molar-refractivity contribution in [1.82, 2.24) is 10.2 Å². The van der Waals surface area contributed by atoms with Gasteiger partial charge in [-0.05, 0) is 26.8 Å². The largest absolute Gasteiger partial charge is 0.391 e. The van der Waals surface area contributed by atoms with Gasteiger partial charge >= 0.3 is 0 Å². The van der Waals surface area contributed by atoms with Gasteiger partial charge in [-0.15, -0.1) is 0 Å². The normalized spacial score (nSPS) is 32.8. The van der Waals surface area contributed by atoms with Crippen LogP contribution in [0.2, 0.25) is 0 Å². The van der Waals surface area contributed by atoms with E-state index in [1.54, 1.807) is 0 Å². The fourth-order valence-corrected chi connectivity index (χ4v) is 3.14. The summed E-state index contributed by atoms with van der Waals surface area (Å²) in [6.07, 6.45) is 0.771. The number of primary amides is 1. The van der Waals surface area contributed by atoms with Crippen LogP contribution >= 0.6 is 0 Å². The molecule has 2 unspecified atom stereocenters. The number of aliphatic hydroxyl groups excluding tert-OH is 1. The van der Waals surface area contributed by atoms with E-state index in [-0.39, 0.29) is 17.6 Å². The van der Waals surface area contributed by atoms with Gasteiger partial charge in [-0.1, -0.05) is 0 Å². The van der Waals surface area contributed by atoms with Crippen LogP contribution in [0.15, 0.2) is 0 Å². The van der Waals surface area contributed by atoms with E-state index in [9.17, 15) is 19.5 Å². The van der Waals surface area contributed by atoms with E-state index in [1.165, 1.54) is 6.92 Å². The summed E-state index contributed by atoms with van der Waals surface area (Å²) >= 11 is 0. The number of likely N-dealkylation sites (tertiary alicyclic amines) is 1. The molecule has 2 fully saturated rings. The molecule has 1 saturated heterocycles. The summed E-state index contributed by atoms with van der Waals surface area (Å²) in [4.78, 5) is 37.1. The number of nitrogens with two attached hydrogens (primary N) is 1. The summed E-state index contributed by atoms with van der Waals surface area (Å²) in [6, 6.07) is -1.10. The van der Waals surface area contributed by atoms with Crippen molar-refractivity contribution in [3.8, 4) is 0 Å². The number of Topliss-reactive ketones (excluding diaryl/α,β-unsaturated/α-hetero) is 1. The molecule has 4 atom stereocenters. The summed E-state index contributed by atoms with van der Waals surface area (Å²) in [5.74, 6) is -1.28. The van der Waals surface area contributed by atoms with Gasteiger partial charge in [0.1, 0.15) is 6.04 Å². The lowest BCUT2D eigenvalue weighted by molar-refractivity contribution is -0.138. The van der Waals surface area contributed by atoms with Crippen molar-refractivity contribution in [2.75, 3.05) is 13.6 Å². The molecule has 0 bridgehead atoms. The molecule has 1 spiro atoms. The molecule has 0 aromatic heterocycles. The SMILES string of the molecule is C[C@@H](O)[C@H](NC(=O)C1CN(C)C2(CCC2=O)C1)C(N)=O. The summed E-state index contributed by atoms with van der Waals surface area (Å²) < 4.78 is 0. The molecule has 1 aliphatic heterocycles. The van der Waals surface area contributed by atoms with Crippen LogP contribution in [0.1, 0.15) is 26.2 Å². The Balaban J connectivity index is 2.01. The summed E-state index contributed by atoms with van der Waals surface area (Å²) in [5.41, 5.74) is 4.66. The Labute approximate surface area is 117 Å². The number of hydrogen-bond donors (Lipinski definition) is 3. The van der Waals surface area contributed by atoms with Crippen LogP contribution in [0.4, 0.5) is 0 Å². The lowest BCUT2D eigenvalue weighted by Crippen LogP contribution is -2.55. The fraction of sp³-hybridized carbons (Fsp3) is 0.769. The zero-order chi connectivity index (χ0) is 15.1. The number of ketones is 1. The van der Waals surface area contributed by atoms with Crippen LogP contribution < -0.4 is 11.1 Å². The van der Waals surface area contributed by atoms with Crippen molar-refractivity contribution in [2.45, 2.75) is 43.9 Å². The Kier molecular flexibility index (Phi) is 3.84. The zero-order valence-corrected chi connectivity index (χ0v) is 11.8. The molecule has 1 saturated carbocycles. The van der Waals surface area contributed by atoms with Crippen molar-refractivity contribution < 1.29 is 19.5 Å². The molecule has 1 heterocycles. The third-order valence-corrected chi connectivity index (χ3v) is 4.55. The second kappa shape index (κ2) is 5.14. The quantitative estimate of drug-likeness (QED) is 0.574. The van der Waals surface area contributed by atoms with Gasteiger partial charge in [0.05, 0.1) is 17.6 Å². The molecule has 2 rings (SSSR count). The molecule has 0 aromatic carbocycles. The highest BCUT2D eigenvalue weighted by molar-refractivity contribution is 5.96. The molecule has 7 heteroatoms. The number of carbonyl (C=O) groups excluding carboxylic acids is 3. The van der Waals surface area contributed by atoms with Gasteiger partial charge in [-0.2, -0.15) is 0 Å². The molecular weight excluding hydrogens is 262 g/mol. The Bertz CT molecular complexity index is 451. The number of carbonyl (C=O) groups is 3. The predicted octanol–water partition coefficient (Wildman–Crippen LogP) is -1.61. The fourth-order valence-electron chi connectivity index (χ4n) is 3.14. The monoisotopic (exact) mass is 283 g/mol. The summed E-state index contributed by atoms with van der Waals surface area (Å²) in [5, 5.41) is 11.9. The van der Waals surface area contributed by atoms with Crippen molar-refractivity contribution in [1.29, 1.82) is 0 Å². The van der Waals surface area contributed by atoms with E-state index in [4.69, 9.17) is 5.73 Å². The van der Waals surface area contributed by atoms with Crippen LogP contribution in [0, 0.1) is 5.92 Å². The highest BCUT2D eigenvalue weighted by Gasteiger charge is 2.55. The minimum atomic E-state index is -1.10. The minimum absolute atomic E-state index is 0.178. The second-order valence-corrected chi connectivity index (χ2v) is 5.87. The standard InChI is InChI=1S/C13H21N3O4/c1-7(17)10(11(14)19)15-12(20)8-5-13(16(2)6-8)4-3-9(13)18/h7-8,10,17H,3-6H2,1-2H3,(H2,14,19)(H,15,20)/t7-,8?,10+,13?/m1/s1. The van der Waals surface area contributed by atoms with Gasteiger partial charge in [0.2, 0.25) is 11.8 Å². The van der Waals surface area contributed by atoms with Crippen molar-refractivity contribution in [3.63, 3.8) is 0 Å². The third kappa shape index (κ3) is 2.31. The molecule has 2 aliphatic rings. The molecule has 2 amide bonds. The molecule has 0 radical (unpaired) electrons. The first-order valence-corrected chi connectivity index (χ1v) is 6.80. The first kappa shape index (κ1) is 14.9. The number of nitrogens with zero attached hydrogens (tertiary/aromatic N) is 1. The summed E-state index contributed by atoms with van der Waals surface area (Å²) in [6.45, 7) is 1.87. The van der Waals surface area contributed by atoms with Crippen molar-refractivity contribution >= 4 is 17.6 Å². The lowest BCUT2D eigenvalue weighted by atomic mass is 9.72. The number of amides is 2. The number of likely N-dealkylation sites (N-methyl/N-ethyl adjacent to an activating group) is 1. The molecular formula is C13H21N3O4. The highest BCUT2D eigenvalue weighted by Crippen LogP contribution is 2.43. The maximum absolute atomic E-state index is 12.2. The predicted molar refractivity (Wildman–Crippen MR) is 70.5 cm³/mol. The van der Waals surface area contributed by atoms with E-state index < -0.39 is 23.6 Å². The third-order valence-electron chi connectivity index (χ3n) is 4.55. The Morgan fingerprint density at radius 1 is 1.55 bits per heavy atom. The van der Waals surface area contributed by atoms with E-state index >= 15 is 0 Å². The molecule has 4 N–H and O–H groups in total. The first-order chi connectivity index (χ1) is 9.28.